The number of carbonyl (C=O) groups is 2. The summed E-state index contributed by atoms with van der Waals surface area (Å²) >= 11 is 0. The van der Waals surface area contributed by atoms with E-state index < -0.39 is 5.92 Å². The van der Waals surface area contributed by atoms with Crippen LogP contribution in [0.3, 0.4) is 0 Å². The monoisotopic (exact) mass is 697 g/mol. The van der Waals surface area contributed by atoms with Gasteiger partial charge in [0.2, 0.25) is 11.8 Å². The Balaban J connectivity index is 0.881. The highest BCUT2D eigenvalue weighted by Gasteiger charge is 2.52. The van der Waals surface area contributed by atoms with Gasteiger partial charge < -0.3 is 18.9 Å². The molecule has 1 aromatic heterocycles. The number of benzene rings is 2. The zero-order chi connectivity index (χ0) is 36.1. The Morgan fingerprint density at radius 1 is 0.961 bits per heavy atom. The third-order valence-electron chi connectivity index (χ3n) is 12.4. The number of imide groups is 1. The second kappa shape index (κ2) is 14.2. The predicted octanol–water partition coefficient (Wildman–Crippen LogP) is 5.49. The van der Waals surface area contributed by atoms with Gasteiger partial charge in [0.1, 0.15) is 5.75 Å². The van der Waals surface area contributed by atoms with Crippen molar-refractivity contribution >= 4 is 41.0 Å². The van der Waals surface area contributed by atoms with E-state index in [-0.39, 0.29) is 36.2 Å². The first-order chi connectivity index (χ1) is 24.3. The molecule has 4 heterocycles. The molecule has 0 bridgehead atoms. The van der Waals surface area contributed by atoms with Crippen LogP contribution in [-0.2, 0) is 25.9 Å². The van der Waals surface area contributed by atoms with E-state index in [2.05, 4.69) is 93.1 Å². The third-order valence-corrected chi connectivity index (χ3v) is 12.4. The second-order valence-corrected chi connectivity index (χ2v) is 16.6. The molecule has 1 N–H and O–H groups in total. The fraction of sp³-hybridized carbons (Fsp3) is 0.625. The SMILES string of the molecule is Cc1c(OC2CCC(CC(C)CN3CCN(c4cccc5c(C6CCC(=O)NC6=O)nn(C)c45)CC3)CC2)cccc1B1OC(C)(C)C(C)(C)O1. The maximum atomic E-state index is 12.7. The molecule has 3 aromatic rings. The van der Waals surface area contributed by atoms with Crippen LogP contribution in [-0.4, -0.2) is 83.6 Å². The van der Waals surface area contributed by atoms with Crippen molar-refractivity contribution in [1.82, 2.24) is 20.0 Å². The number of aromatic nitrogens is 2. The molecule has 0 radical (unpaired) electrons. The van der Waals surface area contributed by atoms with Crippen LogP contribution in [0, 0.1) is 18.8 Å². The first-order valence-corrected chi connectivity index (χ1v) is 19.2. The lowest BCUT2D eigenvalue weighted by Crippen LogP contribution is -2.47. The quantitative estimate of drug-likeness (QED) is 0.232. The summed E-state index contributed by atoms with van der Waals surface area (Å²) in [6.07, 6.45) is 7.00. The molecule has 4 fully saturated rings. The van der Waals surface area contributed by atoms with E-state index in [4.69, 9.17) is 19.1 Å². The molecule has 7 rings (SSSR count). The third kappa shape index (κ3) is 7.31. The summed E-state index contributed by atoms with van der Waals surface area (Å²) in [7, 11) is 1.58. The summed E-state index contributed by atoms with van der Waals surface area (Å²) in [5.41, 5.74) is 4.44. The zero-order valence-corrected chi connectivity index (χ0v) is 31.7. The van der Waals surface area contributed by atoms with Crippen molar-refractivity contribution in [3.8, 4) is 5.75 Å². The molecule has 3 saturated heterocycles. The first-order valence-electron chi connectivity index (χ1n) is 19.2. The van der Waals surface area contributed by atoms with Crippen LogP contribution in [0.15, 0.2) is 36.4 Å². The summed E-state index contributed by atoms with van der Waals surface area (Å²) in [5.74, 6) is 1.52. The normalized spacial score (nSPS) is 26.1. The summed E-state index contributed by atoms with van der Waals surface area (Å²) in [6.45, 7) is 18.0. The Bertz CT molecular complexity index is 1740. The van der Waals surface area contributed by atoms with Gasteiger partial charge in [-0.25, -0.2) is 0 Å². The minimum absolute atomic E-state index is 0.199. The number of nitrogens with one attached hydrogen (secondary N) is 1. The van der Waals surface area contributed by atoms with Gasteiger partial charge in [0.15, 0.2) is 0 Å². The minimum Gasteiger partial charge on any atom is -0.490 e. The maximum Gasteiger partial charge on any atom is 0.495 e. The first kappa shape index (κ1) is 36.0. The Kier molecular flexibility index (Phi) is 10.0. The average Bonchev–Trinajstić information content (AvgIpc) is 3.53. The van der Waals surface area contributed by atoms with Crippen molar-refractivity contribution in [3.05, 3.63) is 47.7 Å². The number of nitrogens with zero attached hydrogens (tertiary/aromatic N) is 4. The largest absolute Gasteiger partial charge is 0.495 e. The second-order valence-electron chi connectivity index (χ2n) is 16.6. The highest BCUT2D eigenvalue weighted by atomic mass is 16.7. The lowest BCUT2D eigenvalue weighted by atomic mass is 9.76. The fourth-order valence-corrected chi connectivity index (χ4v) is 8.72. The number of carbonyl (C=O) groups excluding carboxylic acids is 2. The van der Waals surface area contributed by atoms with E-state index in [0.29, 0.717) is 18.8 Å². The number of aryl methyl sites for hydroxylation is 1. The summed E-state index contributed by atoms with van der Waals surface area (Å²) in [6, 6.07) is 12.6. The molecule has 2 atom stereocenters. The molecule has 2 unspecified atom stereocenters. The molecular formula is C40H56BN5O5. The highest BCUT2D eigenvalue weighted by Crippen LogP contribution is 2.38. The van der Waals surface area contributed by atoms with Gasteiger partial charge >= 0.3 is 7.12 Å². The molecule has 2 aromatic carbocycles. The van der Waals surface area contributed by atoms with Gasteiger partial charge in [0.05, 0.1) is 40.1 Å². The van der Waals surface area contributed by atoms with E-state index in [1.807, 2.05) is 11.7 Å². The average molecular weight is 698 g/mol. The molecule has 51 heavy (non-hydrogen) atoms. The number of para-hydroxylation sites is 1. The Hall–Kier alpha value is -3.41. The van der Waals surface area contributed by atoms with Gasteiger partial charge in [0.25, 0.3) is 0 Å². The van der Waals surface area contributed by atoms with Crippen LogP contribution in [0.1, 0.15) is 96.7 Å². The molecule has 4 aliphatic rings. The van der Waals surface area contributed by atoms with Crippen molar-refractivity contribution in [2.75, 3.05) is 37.6 Å². The molecular weight excluding hydrogens is 641 g/mol. The van der Waals surface area contributed by atoms with Crippen LogP contribution >= 0.6 is 0 Å². The summed E-state index contributed by atoms with van der Waals surface area (Å²) < 4.78 is 21.2. The molecule has 2 amide bonds. The van der Waals surface area contributed by atoms with Crippen LogP contribution < -0.4 is 20.4 Å². The number of fused-ring (bicyclic) bond motifs is 1. The van der Waals surface area contributed by atoms with Crippen LogP contribution in [0.4, 0.5) is 5.69 Å². The van der Waals surface area contributed by atoms with E-state index >= 15 is 0 Å². The van der Waals surface area contributed by atoms with Crippen LogP contribution in [0.2, 0.25) is 0 Å². The van der Waals surface area contributed by atoms with Crippen molar-refractivity contribution in [1.29, 1.82) is 0 Å². The van der Waals surface area contributed by atoms with Gasteiger partial charge in [-0.2, -0.15) is 5.10 Å². The van der Waals surface area contributed by atoms with Crippen molar-refractivity contribution in [2.45, 2.75) is 110 Å². The van der Waals surface area contributed by atoms with E-state index in [9.17, 15) is 9.59 Å². The predicted molar refractivity (Wildman–Crippen MR) is 202 cm³/mol. The molecule has 11 heteroatoms. The lowest BCUT2D eigenvalue weighted by molar-refractivity contribution is -0.134. The Morgan fingerprint density at radius 3 is 2.33 bits per heavy atom. The van der Waals surface area contributed by atoms with Gasteiger partial charge in [-0.05, 0) is 108 Å². The van der Waals surface area contributed by atoms with Crippen molar-refractivity contribution < 1.29 is 23.6 Å². The van der Waals surface area contributed by atoms with E-state index in [1.165, 1.54) is 24.9 Å². The van der Waals surface area contributed by atoms with E-state index in [0.717, 1.165) is 84.9 Å². The number of anilines is 1. The summed E-state index contributed by atoms with van der Waals surface area (Å²) in [4.78, 5) is 29.5. The molecule has 1 saturated carbocycles. The molecule has 3 aliphatic heterocycles. The Morgan fingerprint density at radius 2 is 1.65 bits per heavy atom. The smallest absolute Gasteiger partial charge is 0.490 e. The van der Waals surface area contributed by atoms with E-state index in [1.54, 1.807) is 0 Å². The Labute approximate surface area is 303 Å². The number of amides is 2. The molecule has 0 spiro atoms. The highest BCUT2D eigenvalue weighted by molar-refractivity contribution is 6.62. The standard InChI is InChI=1S/C40H56BN5O5/c1-26(24-28-14-16-29(17-15-28)49-34-13-9-11-32(27(34)2)41-50-39(3,4)40(5,6)51-41)25-45-20-22-46(23-21-45)33-12-8-10-30-36(43-44(7)37(30)33)31-18-19-35(47)42-38(31)48/h8-13,26,28-29,31H,14-25H2,1-7H3,(H,42,47,48). The van der Waals surface area contributed by atoms with Gasteiger partial charge in [-0.1, -0.05) is 31.2 Å². The topological polar surface area (TPSA) is 98.2 Å². The van der Waals surface area contributed by atoms with Gasteiger partial charge in [-0.3, -0.25) is 24.5 Å². The number of piperidine rings is 1. The molecule has 1 aliphatic carbocycles. The lowest BCUT2D eigenvalue weighted by Gasteiger charge is -2.38. The summed E-state index contributed by atoms with van der Waals surface area (Å²) in [5, 5.41) is 8.30. The number of hydrogen-bond acceptors (Lipinski definition) is 8. The number of rotatable bonds is 9. The van der Waals surface area contributed by atoms with Crippen LogP contribution in [0.25, 0.3) is 10.9 Å². The fourth-order valence-electron chi connectivity index (χ4n) is 8.72. The maximum absolute atomic E-state index is 12.7. The number of hydrogen-bond donors (Lipinski definition) is 1. The van der Waals surface area contributed by atoms with Crippen LogP contribution in [0.5, 0.6) is 5.75 Å². The number of piperazine rings is 1. The molecule has 10 nitrogen and oxygen atoms in total. The number of ether oxygens (including phenoxy) is 1. The molecule has 274 valence electrons. The zero-order valence-electron chi connectivity index (χ0n) is 31.7. The van der Waals surface area contributed by atoms with Gasteiger partial charge in [-0.15, -0.1) is 0 Å². The van der Waals surface area contributed by atoms with Crippen molar-refractivity contribution in [3.63, 3.8) is 0 Å². The van der Waals surface area contributed by atoms with Crippen molar-refractivity contribution in [2.24, 2.45) is 18.9 Å². The minimum atomic E-state index is -0.391. The van der Waals surface area contributed by atoms with Gasteiger partial charge in [0, 0.05) is 51.6 Å².